The van der Waals surface area contributed by atoms with Gasteiger partial charge in [0.15, 0.2) is 0 Å². The summed E-state index contributed by atoms with van der Waals surface area (Å²) >= 11 is 1.49. The van der Waals surface area contributed by atoms with Crippen LogP contribution in [-0.2, 0) is 4.79 Å². The Hall–Kier alpha value is -3.78. The maximum atomic E-state index is 12.6. The van der Waals surface area contributed by atoms with Gasteiger partial charge in [0.25, 0.3) is 5.91 Å². The molecule has 5 rings (SSSR count). The zero-order chi connectivity index (χ0) is 22.4. The van der Waals surface area contributed by atoms with Gasteiger partial charge in [0.05, 0.1) is 28.3 Å². The molecule has 0 bridgehead atoms. The number of nitrogens with zero attached hydrogens (tertiary/aromatic N) is 2. The van der Waals surface area contributed by atoms with Crippen molar-refractivity contribution >= 4 is 55.5 Å². The van der Waals surface area contributed by atoms with Gasteiger partial charge in [-0.15, -0.1) is 11.3 Å². The van der Waals surface area contributed by atoms with Crippen molar-refractivity contribution in [3.05, 3.63) is 59.8 Å². The topological polar surface area (TPSA) is 96.0 Å². The summed E-state index contributed by atoms with van der Waals surface area (Å²) in [5, 5.41) is 11.2. The van der Waals surface area contributed by atoms with Gasteiger partial charge in [-0.1, -0.05) is 6.58 Å². The van der Waals surface area contributed by atoms with E-state index >= 15 is 0 Å². The Labute approximate surface area is 188 Å². The number of hydrogen-bond acceptors (Lipinski definition) is 6. The molecule has 4 heterocycles. The molecular weight excluding hydrogens is 422 g/mol. The lowest BCUT2D eigenvalue weighted by Gasteiger charge is -2.11. The number of carbonyl (C=O) groups is 2. The van der Waals surface area contributed by atoms with E-state index in [2.05, 4.69) is 27.5 Å². The Kier molecular flexibility index (Phi) is 4.86. The van der Waals surface area contributed by atoms with Crippen LogP contribution in [0.15, 0.2) is 49.2 Å². The Bertz CT molecular complexity index is 1430. The number of hydrogen-bond donors (Lipinski definition) is 3. The fraction of sp³-hybridized carbons (Fsp3) is 0.167. The van der Waals surface area contributed by atoms with Gasteiger partial charge in [0, 0.05) is 39.8 Å². The average Bonchev–Trinajstić information content (AvgIpc) is 3.11. The predicted molar refractivity (Wildman–Crippen MR) is 129 cm³/mol. The van der Waals surface area contributed by atoms with Crippen LogP contribution in [-0.4, -0.2) is 34.4 Å². The van der Waals surface area contributed by atoms with E-state index in [1.807, 2.05) is 44.2 Å². The number of amides is 2. The first-order chi connectivity index (χ1) is 15.4. The molecule has 1 atom stereocenters. The molecule has 1 aromatic carbocycles. The molecule has 0 spiro atoms. The molecule has 0 aliphatic carbocycles. The van der Waals surface area contributed by atoms with Crippen LogP contribution in [0.3, 0.4) is 0 Å². The molecule has 0 fully saturated rings. The second kappa shape index (κ2) is 7.72. The van der Waals surface area contributed by atoms with Crippen LogP contribution in [0.4, 0.5) is 11.4 Å². The highest BCUT2D eigenvalue weighted by atomic mass is 32.1. The maximum absolute atomic E-state index is 12.6. The van der Waals surface area contributed by atoms with Crippen LogP contribution in [0, 0.1) is 6.92 Å². The van der Waals surface area contributed by atoms with Crippen molar-refractivity contribution in [2.45, 2.75) is 19.9 Å². The van der Waals surface area contributed by atoms with Crippen LogP contribution in [0.2, 0.25) is 0 Å². The standard InChI is InChI=1S/C24H21N5O2S/c1-4-20(30)29-18-9-14(11-25-13(18)3)16-6-5-15-17(28-16)7-8-19-21(15)22-23(32-19)24(31)27-12(2)10-26-22/h4-9,11-12,26H,1,10H2,2-3H3,(H,27,31)(H,29,30)/t12-/m1/s1. The van der Waals surface area contributed by atoms with E-state index in [0.717, 1.165) is 37.9 Å². The molecule has 0 unspecified atom stereocenters. The zero-order valence-electron chi connectivity index (χ0n) is 17.7. The molecule has 4 aromatic rings. The van der Waals surface area contributed by atoms with Crippen molar-refractivity contribution < 1.29 is 9.59 Å². The van der Waals surface area contributed by atoms with Gasteiger partial charge in [0.2, 0.25) is 5.91 Å². The van der Waals surface area contributed by atoms with Crippen LogP contribution in [0.1, 0.15) is 22.3 Å². The van der Waals surface area contributed by atoms with E-state index in [1.54, 1.807) is 6.20 Å². The minimum absolute atomic E-state index is 0.0451. The van der Waals surface area contributed by atoms with Gasteiger partial charge in [-0.3, -0.25) is 14.6 Å². The zero-order valence-corrected chi connectivity index (χ0v) is 18.5. The highest BCUT2D eigenvalue weighted by Crippen LogP contribution is 2.41. The Morgan fingerprint density at radius 3 is 2.97 bits per heavy atom. The molecule has 1 aliphatic heterocycles. The summed E-state index contributed by atoms with van der Waals surface area (Å²) in [6, 6.07) is 9.87. The summed E-state index contributed by atoms with van der Waals surface area (Å²) < 4.78 is 1.04. The third kappa shape index (κ3) is 3.38. The Morgan fingerprint density at radius 1 is 1.31 bits per heavy atom. The van der Waals surface area contributed by atoms with Gasteiger partial charge in [-0.05, 0) is 50.3 Å². The number of thiophene rings is 1. The number of anilines is 2. The highest BCUT2D eigenvalue weighted by molar-refractivity contribution is 7.21. The summed E-state index contributed by atoms with van der Waals surface area (Å²) in [5.41, 5.74) is 4.58. The fourth-order valence-corrected chi connectivity index (χ4v) is 4.97. The number of rotatable bonds is 3. The fourth-order valence-electron chi connectivity index (χ4n) is 3.87. The molecule has 0 saturated heterocycles. The average molecular weight is 444 g/mol. The molecule has 160 valence electrons. The van der Waals surface area contributed by atoms with E-state index in [9.17, 15) is 9.59 Å². The van der Waals surface area contributed by atoms with Crippen molar-refractivity contribution in [1.82, 2.24) is 15.3 Å². The molecule has 32 heavy (non-hydrogen) atoms. The van der Waals surface area contributed by atoms with E-state index < -0.39 is 0 Å². The summed E-state index contributed by atoms with van der Waals surface area (Å²) in [4.78, 5) is 34.3. The first kappa shape index (κ1) is 20.1. The number of benzene rings is 1. The third-order valence-electron chi connectivity index (χ3n) is 5.52. The summed E-state index contributed by atoms with van der Waals surface area (Å²) in [5.74, 6) is -0.332. The van der Waals surface area contributed by atoms with Gasteiger partial charge >= 0.3 is 0 Å². The van der Waals surface area contributed by atoms with E-state index in [0.29, 0.717) is 22.8 Å². The van der Waals surface area contributed by atoms with Crippen LogP contribution in [0.5, 0.6) is 0 Å². The molecule has 1 aliphatic rings. The summed E-state index contributed by atoms with van der Waals surface area (Å²) in [6.07, 6.45) is 2.97. The molecule has 0 radical (unpaired) electrons. The van der Waals surface area contributed by atoms with Crippen LogP contribution in [0.25, 0.3) is 32.2 Å². The van der Waals surface area contributed by atoms with Gasteiger partial charge < -0.3 is 16.0 Å². The van der Waals surface area contributed by atoms with Crippen molar-refractivity contribution in [2.75, 3.05) is 17.2 Å². The lowest BCUT2D eigenvalue weighted by atomic mass is 10.1. The summed E-state index contributed by atoms with van der Waals surface area (Å²) in [6.45, 7) is 7.98. The minimum Gasteiger partial charge on any atom is -0.381 e. The number of carbonyl (C=O) groups excluding carboxylic acids is 2. The first-order valence-corrected chi connectivity index (χ1v) is 11.1. The molecule has 3 N–H and O–H groups in total. The van der Waals surface area contributed by atoms with Gasteiger partial charge in [0.1, 0.15) is 4.88 Å². The maximum Gasteiger partial charge on any atom is 0.263 e. The van der Waals surface area contributed by atoms with Gasteiger partial charge in [-0.25, -0.2) is 4.98 Å². The Morgan fingerprint density at radius 2 is 2.16 bits per heavy atom. The van der Waals surface area contributed by atoms with Crippen LogP contribution < -0.4 is 16.0 Å². The summed E-state index contributed by atoms with van der Waals surface area (Å²) in [7, 11) is 0. The smallest absolute Gasteiger partial charge is 0.263 e. The van der Waals surface area contributed by atoms with Crippen molar-refractivity contribution in [2.24, 2.45) is 0 Å². The van der Waals surface area contributed by atoms with E-state index in [4.69, 9.17) is 4.98 Å². The third-order valence-corrected chi connectivity index (χ3v) is 6.67. The molecule has 7 nitrogen and oxygen atoms in total. The lowest BCUT2D eigenvalue weighted by molar-refractivity contribution is -0.111. The SMILES string of the molecule is C=CC(=O)Nc1cc(-c2ccc3c(ccc4sc5c(c43)NC[C@@H](C)NC5=O)n2)cnc1C. The molecule has 3 aromatic heterocycles. The van der Waals surface area contributed by atoms with E-state index in [-0.39, 0.29) is 17.9 Å². The second-order valence-electron chi connectivity index (χ2n) is 7.81. The normalized spacial score (nSPS) is 15.6. The number of aryl methyl sites for hydroxylation is 1. The Balaban J connectivity index is 1.62. The first-order valence-electron chi connectivity index (χ1n) is 10.3. The van der Waals surface area contributed by atoms with Crippen molar-refractivity contribution in [3.8, 4) is 11.3 Å². The minimum atomic E-state index is -0.287. The lowest BCUT2D eigenvalue weighted by Crippen LogP contribution is -2.34. The van der Waals surface area contributed by atoms with Crippen LogP contribution >= 0.6 is 11.3 Å². The molecule has 8 heteroatoms. The second-order valence-corrected chi connectivity index (χ2v) is 8.87. The predicted octanol–water partition coefficient (Wildman–Crippen LogP) is 4.49. The number of pyridine rings is 2. The molecule has 0 saturated carbocycles. The van der Waals surface area contributed by atoms with Gasteiger partial charge in [-0.2, -0.15) is 0 Å². The monoisotopic (exact) mass is 443 g/mol. The number of fused-ring (bicyclic) bond motifs is 5. The quantitative estimate of drug-likeness (QED) is 0.406. The number of aromatic nitrogens is 2. The molecular formula is C24H21N5O2S. The van der Waals surface area contributed by atoms with Crippen molar-refractivity contribution in [3.63, 3.8) is 0 Å². The highest BCUT2D eigenvalue weighted by Gasteiger charge is 2.24. The number of nitrogens with one attached hydrogen (secondary N) is 3. The largest absolute Gasteiger partial charge is 0.381 e. The molecule has 2 amide bonds. The van der Waals surface area contributed by atoms with E-state index in [1.165, 1.54) is 17.4 Å². The van der Waals surface area contributed by atoms with Crippen molar-refractivity contribution in [1.29, 1.82) is 0 Å².